The molecule has 0 unspecified atom stereocenters. The molecule has 0 aliphatic heterocycles. The lowest BCUT2D eigenvalue weighted by Gasteiger charge is -2.07. The maximum Gasteiger partial charge on any atom is 0.288 e. The van der Waals surface area contributed by atoms with Crippen molar-refractivity contribution in [2.75, 3.05) is 14.1 Å². The molecule has 0 bridgehead atoms. The molecule has 1 aromatic heterocycles. The fraction of sp³-hybridized carbons (Fsp3) is 0.231. The summed E-state index contributed by atoms with van der Waals surface area (Å²) in [7, 11) is 3.54. The number of amides is 1. The Hall–Kier alpha value is -1.90. The molecule has 1 aromatic carbocycles. The molecular weight excluding hydrogens is 200 g/mol. The van der Waals surface area contributed by atoms with Gasteiger partial charge in [0.05, 0.1) is 0 Å². The van der Waals surface area contributed by atoms with Crippen LogP contribution in [0.15, 0.2) is 42.7 Å². The van der Waals surface area contributed by atoms with Crippen LogP contribution in [0, 0.1) is 0 Å². The third-order valence-electron chi connectivity index (χ3n) is 2.56. The number of hydrogen-bond donors (Lipinski definition) is 0. The highest BCUT2D eigenvalue weighted by molar-refractivity contribution is 5.80. The van der Waals surface area contributed by atoms with Crippen molar-refractivity contribution in [2.24, 2.45) is 0 Å². The Balaban J connectivity index is 2.29. The Bertz CT molecular complexity index is 520. The van der Waals surface area contributed by atoms with E-state index >= 15 is 0 Å². The van der Waals surface area contributed by atoms with Crippen LogP contribution in [0.5, 0.6) is 0 Å². The zero-order valence-corrected chi connectivity index (χ0v) is 9.55. The molecule has 0 spiro atoms. The van der Waals surface area contributed by atoms with Gasteiger partial charge in [0, 0.05) is 25.5 Å². The number of aromatic nitrogens is 1. The molecule has 0 radical (unpaired) electrons. The quantitative estimate of drug-likeness (QED) is 0.691. The van der Waals surface area contributed by atoms with Crippen LogP contribution >= 0.6 is 0 Å². The molecule has 2 rings (SSSR count). The molecule has 1 amide bonds. The molecule has 0 aliphatic rings. The van der Waals surface area contributed by atoms with E-state index in [1.54, 1.807) is 19.0 Å². The van der Waals surface area contributed by atoms with E-state index in [1.807, 2.05) is 41.2 Å². The highest BCUT2D eigenvalue weighted by Gasteiger charge is 2.11. The lowest BCUT2D eigenvalue weighted by Crippen LogP contribution is -2.41. The maximum absolute atomic E-state index is 11.6. The Morgan fingerprint density at radius 3 is 2.56 bits per heavy atom. The number of hydrogen-bond acceptors (Lipinski definition) is 1. The maximum atomic E-state index is 11.6. The van der Waals surface area contributed by atoms with E-state index in [2.05, 4.69) is 6.07 Å². The number of carbonyl (C=O) groups excluding carboxylic acids is 1. The van der Waals surface area contributed by atoms with Gasteiger partial charge in [-0.05, 0) is 11.5 Å². The molecule has 1 heterocycles. The van der Waals surface area contributed by atoms with Crippen molar-refractivity contribution in [3.05, 3.63) is 42.7 Å². The van der Waals surface area contributed by atoms with Gasteiger partial charge >= 0.3 is 0 Å². The van der Waals surface area contributed by atoms with Crippen LogP contribution in [0.3, 0.4) is 0 Å². The van der Waals surface area contributed by atoms with Crippen molar-refractivity contribution in [2.45, 2.75) is 6.54 Å². The fourth-order valence-electron chi connectivity index (χ4n) is 1.57. The summed E-state index contributed by atoms with van der Waals surface area (Å²) in [5.74, 6) is 0.0975. The smallest absolute Gasteiger partial charge is 0.288 e. The Morgan fingerprint density at radius 2 is 1.88 bits per heavy atom. The average Bonchev–Trinajstić information content (AvgIpc) is 2.28. The fourth-order valence-corrected chi connectivity index (χ4v) is 1.57. The number of nitrogens with zero attached hydrogens (tertiary/aromatic N) is 2. The van der Waals surface area contributed by atoms with Crippen molar-refractivity contribution in [1.82, 2.24) is 4.90 Å². The van der Waals surface area contributed by atoms with Gasteiger partial charge in [0.25, 0.3) is 5.91 Å². The van der Waals surface area contributed by atoms with E-state index in [4.69, 9.17) is 0 Å². The summed E-state index contributed by atoms with van der Waals surface area (Å²) >= 11 is 0. The van der Waals surface area contributed by atoms with E-state index < -0.39 is 0 Å². The van der Waals surface area contributed by atoms with Crippen LogP contribution < -0.4 is 4.57 Å². The van der Waals surface area contributed by atoms with E-state index in [0.717, 1.165) is 5.39 Å². The van der Waals surface area contributed by atoms with E-state index in [1.165, 1.54) is 5.39 Å². The highest BCUT2D eigenvalue weighted by Crippen LogP contribution is 2.09. The average molecular weight is 215 g/mol. The first-order valence-corrected chi connectivity index (χ1v) is 5.25. The predicted molar refractivity (Wildman–Crippen MR) is 62.8 cm³/mol. The van der Waals surface area contributed by atoms with Crippen LogP contribution in [-0.4, -0.2) is 24.9 Å². The second kappa shape index (κ2) is 4.31. The van der Waals surface area contributed by atoms with Gasteiger partial charge < -0.3 is 4.90 Å². The van der Waals surface area contributed by atoms with Gasteiger partial charge in [-0.15, -0.1) is 0 Å². The summed E-state index contributed by atoms with van der Waals surface area (Å²) in [4.78, 5) is 13.2. The summed E-state index contributed by atoms with van der Waals surface area (Å²) < 4.78 is 1.91. The van der Waals surface area contributed by atoms with Gasteiger partial charge in [-0.2, -0.15) is 4.57 Å². The van der Waals surface area contributed by atoms with Gasteiger partial charge in [0.2, 0.25) is 6.54 Å². The Kier molecular flexibility index (Phi) is 2.86. The second-order valence-electron chi connectivity index (χ2n) is 4.03. The predicted octanol–water partition coefficient (Wildman–Crippen LogP) is 1.22. The van der Waals surface area contributed by atoms with Crippen molar-refractivity contribution in [3.63, 3.8) is 0 Å². The molecule has 3 heteroatoms. The largest absolute Gasteiger partial charge is 0.343 e. The van der Waals surface area contributed by atoms with E-state index in [-0.39, 0.29) is 5.91 Å². The lowest BCUT2D eigenvalue weighted by molar-refractivity contribution is -0.683. The summed E-state index contributed by atoms with van der Waals surface area (Å²) in [5, 5.41) is 2.34. The number of benzene rings is 1. The van der Waals surface area contributed by atoms with Gasteiger partial charge in [-0.1, -0.05) is 18.2 Å². The molecule has 0 fully saturated rings. The minimum atomic E-state index is 0.0975. The SMILES string of the molecule is CN(C)C(=O)C[n+]1ccc2ccccc2c1. The Morgan fingerprint density at radius 1 is 1.19 bits per heavy atom. The Labute approximate surface area is 94.9 Å². The number of fused-ring (bicyclic) bond motifs is 1. The lowest BCUT2D eigenvalue weighted by atomic mass is 10.2. The van der Waals surface area contributed by atoms with Gasteiger partial charge in [0.1, 0.15) is 0 Å². The van der Waals surface area contributed by atoms with E-state index in [0.29, 0.717) is 6.54 Å². The number of rotatable bonds is 2. The highest BCUT2D eigenvalue weighted by atomic mass is 16.2. The third kappa shape index (κ3) is 2.19. The molecule has 82 valence electrons. The molecule has 3 nitrogen and oxygen atoms in total. The van der Waals surface area contributed by atoms with Gasteiger partial charge in [-0.3, -0.25) is 4.79 Å². The molecule has 2 aromatic rings. The van der Waals surface area contributed by atoms with Crippen molar-refractivity contribution < 1.29 is 9.36 Å². The van der Waals surface area contributed by atoms with Crippen LogP contribution in [0.25, 0.3) is 10.8 Å². The van der Waals surface area contributed by atoms with Crippen LogP contribution in [0.1, 0.15) is 0 Å². The zero-order chi connectivity index (χ0) is 11.5. The molecule has 16 heavy (non-hydrogen) atoms. The van der Waals surface area contributed by atoms with Crippen molar-refractivity contribution >= 4 is 16.7 Å². The van der Waals surface area contributed by atoms with Crippen molar-refractivity contribution in [3.8, 4) is 0 Å². The summed E-state index contributed by atoms with van der Waals surface area (Å²) in [6.07, 6.45) is 3.93. The molecule has 0 saturated carbocycles. The molecule has 0 saturated heterocycles. The second-order valence-corrected chi connectivity index (χ2v) is 4.03. The summed E-state index contributed by atoms with van der Waals surface area (Å²) in [6, 6.07) is 10.1. The van der Waals surface area contributed by atoms with Crippen LogP contribution in [-0.2, 0) is 11.3 Å². The first-order valence-electron chi connectivity index (χ1n) is 5.25. The minimum Gasteiger partial charge on any atom is -0.343 e. The topological polar surface area (TPSA) is 24.2 Å². The standard InChI is InChI=1S/C13H15N2O/c1-14(2)13(16)10-15-8-7-11-5-3-4-6-12(11)9-15/h3-9H,10H2,1-2H3/q+1. The van der Waals surface area contributed by atoms with Gasteiger partial charge in [-0.25, -0.2) is 0 Å². The minimum absolute atomic E-state index is 0.0975. The molecule has 0 N–H and O–H groups in total. The summed E-state index contributed by atoms with van der Waals surface area (Å²) in [6.45, 7) is 0.387. The summed E-state index contributed by atoms with van der Waals surface area (Å²) in [5.41, 5.74) is 0. The van der Waals surface area contributed by atoms with Gasteiger partial charge in [0.15, 0.2) is 12.4 Å². The van der Waals surface area contributed by atoms with Crippen LogP contribution in [0.4, 0.5) is 0 Å². The molecular formula is C13H15N2O+. The van der Waals surface area contributed by atoms with Crippen molar-refractivity contribution in [1.29, 1.82) is 0 Å². The van der Waals surface area contributed by atoms with E-state index in [9.17, 15) is 4.79 Å². The normalized spacial score (nSPS) is 10.4. The monoisotopic (exact) mass is 215 g/mol. The first-order chi connectivity index (χ1) is 7.66. The number of likely N-dealkylation sites (N-methyl/N-ethyl adjacent to an activating group) is 1. The zero-order valence-electron chi connectivity index (χ0n) is 9.55. The third-order valence-corrected chi connectivity index (χ3v) is 2.56. The number of pyridine rings is 1. The number of carbonyl (C=O) groups is 1. The first kappa shape index (κ1) is 10.6. The molecule has 0 aliphatic carbocycles. The molecule has 0 atom stereocenters. The van der Waals surface area contributed by atoms with Crippen LogP contribution in [0.2, 0.25) is 0 Å².